The predicted octanol–water partition coefficient (Wildman–Crippen LogP) is 1.76. The first-order valence-electron chi connectivity index (χ1n) is 8.79. The van der Waals surface area contributed by atoms with Crippen molar-refractivity contribution in [1.29, 1.82) is 0 Å². The number of piperazine rings is 1. The van der Waals surface area contributed by atoms with E-state index in [1.54, 1.807) is 11.0 Å². The molecule has 3 rings (SSSR count). The topological polar surface area (TPSA) is 75.0 Å². The number of carbonyl (C=O) groups is 1. The number of nitrogens with zero attached hydrogens (tertiary/aromatic N) is 3. The number of carbonyl (C=O) groups excluding carboxylic acids is 1. The van der Waals surface area contributed by atoms with Gasteiger partial charge in [0.05, 0.1) is 13.7 Å². The molecule has 0 unspecified atom stereocenters. The fraction of sp³-hybridized carbons (Fsp3) is 0.368. The third-order valence-corrected chi connectivity index (χ3v) is 4.70. The quantitative estimate of drug-likeness (QED) is 0.857. The van der Waals surface area contributed by atoms with Gasteiger partial charge < -0.3 is 19.3 Å². The van der Waals surface area contributed by atoms with Crippen molar-refractivity contribution in [2.45, 2.75) is 13.1 Å². The number of rotatable bonds is 4. The Morgan fingerprint density at radius 2 is 1.75 bits per heavy atom. The number of hydrogen-bond donors (Lipinski definition) is 1. The summed E-state index contributed by atoms with van der Waals surface area (Å²) < 4.78 is 32.5. The Labute approximate surface area is 160 Å². The van der Waals surface area contributed by atoms with Gasteiger partial charge in [-0.1, -0.05) is 0 Å². The molecule has 1 aromatic carbocycles. The number of benzene rings is 1. The summed E-state index contributed by atoms with van der Waals surface area (Å²) in [6, 6.07) is 4.65. The van der Waals surface area contributed by atoms with Gasteiger partial charge in [-0.05, 0) is 23.8 Å². The van der Waals surface area contributed by atoms with Gasteiger partial charge in [-0.3, -0.25) is 9.69 Å². The van der Waals surface area contributed by atoms with Crippen LogP contribution in [0.2, 0.25) is 0 Å². The molecular formula is C19H21F2N3O4. The van der Waals surface area contributed by atoms with E-state index in [0.29, 0.717) is 38.3 Å². The Balaban J connectivity index is 1.69. The molecule has 7 nitrogen and oxygen atoms in total. The second-order valence-electron chi connectivity index (χ2n) is 6.63. The van der Waals surface area contributed by atoms with Gasteiger partial charge in [-0.15, -0.1) is 0 Å². The second-order valence-corrected chi connectivity index (χ2v) is 6.63. The van der Waals surface area contributed by atoms with E-state index in [-0.39, 0.29) is 18.2 Å². The Kier molecular flexibility index (Phi) is 5.93. The number of ether oxygens (including phenoxy) is 1. The number of hydrogen-bond acceptors (Lipinski definition) is 5. The minimum atomic E-state index is -0.727. The molecule has 2 aromatic rings. The third-order valence-electron chi connectivity index (χ3n) is 4.70. The van der Waals surface area contributed by atoms with Crippen LogP contribution in [0.15, 0.2) is 35.3 Å². The van der Waals surface area contributed by atoms with Crippen LogP contribution in [0.1, 0.15) is 11.1 Å². The molecule has 1 aromatic heterocycles. The summed E-state index contributed by atoms with van der Waals surface area (Å²) in [5, 5.41) is 10.3. The van der Waals surface area contributed by atoms with E-state index in [1.165, 1.54) is 17.9 Å². The third kappa shape index (κ3) is 4.48. The maximum Gasteiger partial charge on any atom is 0.409 e. The molecule has 28 heavy (non-hydrogen) atoms. The van der Waals surface area contributed by atoms with Crippen LogP contribution in [0.3, 0.4) is 0 Å². The molecule has 1 saturated heterocycles. The molecule has 0 aliphatic carbocycles. The molecule has 0 saturated carbocycles. The molecule has 1 amide bonds. The lowest BCUT2D eigenvalue weighted by Crippen LogP contribution is -2.48. The van der Waals surface area contributed by atoms with E-state index in [1.807, 2.05) is 4.90 Å². The Hall–Kier alpha value is -2.94. The number of aromatic nitrogens is 1. The van der Waals surface area contributed by atoms with Gasteiger partial charge in [0.2, 0.25) is 0 Å². The second kappa shape index (κ2) is 8.39. The summed E-state index contributed by atoms with van der Waals surface area (Å²) in [5.41, 5.74) is 0.110. The van der Waals surface area contributed by atoms with Gasteiger partial charge >= 0.3 is 6.09 Å². The molecule has 0 atom stereocenters. The predicted molar refractivity (Wildman–Crippen MR) is 97.1 cm³/mol. The minimum absolute atomic E-state index is 0.0564. The van der Waals surface area contributed by atoms with E-state index in [9.17, 15) is 23.5 Å². The standard InChI is InChI=1S/C19H21F2N3O4/c1-28-19(27)23-6-4-22(5-7-23)12-14-2-3-24(18(26)17(14)25)11-13-8-15(20)10-16(21)9-13/h2-3,8-10,25H,4-7,11-12H2,1H3. The zero-order valence-electron chi connectivity index (χ0n) is 15.4. The highest BCUT2D eigenvalue weighted by Crippen LogP contribution is 2.16. The first-order valence-corrected chi connectivity index (χ1v) is 8.79. The summed E-state index contributed by atoms with van der Waals surface area (Å²) in [4.78, 5) is 27.5. The fourth-order valence-electron chi connectivity index (χ4n) is 3.21. The molecule has 1 aliphatic heterocycles. The Morgan fingerprint density at radius 1 is 1.11 bits per heavy atom. The zero-order valence-corrected chi connectivity index (χ0v) is 15.4. The van der Waals surface area contributed by atoms with Gasteiger partial charge in [-0.2, -0.15) is 0 Å². The van der Waals surface area contributed by atoms with Crippen LogP contribution in [0.25, 0.3) is 0 Å². The van der Waals surface area contributed by atoms with E-state index >= 15 is 0 Å². The summed E-state index contributed by atoms with van der Waals surface area (Å²) in [6.07, 6.45) is 1.11. The van der Waals surface area contributed by atoms with Gasteiger partial charge in [0.1, 0.15) is 11.6 Å². The molecule has 1 fully saturated rings. The zero-order chi connectivity index (χ0) is 20.3. The summed E-state index contributed by atoms with van der Waals surface area (Å²) in [6.45, 7) is 2.45. The Bertz CT molecular complexity index is 904. The van der Waals surface area contributed by atoms with Crippen molar-refractivity contribution >= 4 is 6.09 Å². The Morgan fingerprint density at radius 3 is 2.36 bits per heavy atom. The highest BCUT2D eigenvalue weighted by Gasteiger charge is 2.22. The monoisotopic (exact) mass is 393 g/mol. The van der Waals surface area contributed by atoms with Crippen LogP contribution in [0.4, 0.5) is 13.6 Å². The summed E-state index contributed by atoms with van der Waals surface area (Å²) in [7, 11) is 1.33. The van der Waals surface area contributed by atoms with Crippen LogP contribution in [0, 0.1) is 11.6 Å². The largest absolute Gasteiger partial charge is 0.503 e. The van der Waals surface area contributed by atoms with Crippen LogP contribution >= 0.6 is 0 Å². The normalized spacial score (nSPS) is 14.9. The molecule has 9 heteroatoms. The lowest BCUT2D eigenvalue weighted by atomic mass is 10.2. The summed E-state index contributed by atoms with van der Waals surface area (Å²) in [5.74, 6) is -1.85. The molecule has 150 valence electrons. The average Bonchev–Trinajstić information content (AvgIpc) is 2.67. The maximum absolute atomic E-state index is 13.3. The summed E-state index contributed by atoms with van der Waals surface area (Å²) >= 11 is 0. The number of halogens is 2. The first kappa shape index (κ1) is 19.8. The van der Waals surface area contributed by atoms with E-state index in [0.717, 1.165) is 18.2 Å². The van der Waals surface area contributed by atoms with Crippen LogP contribution in [-0.4, -0.2) is 58.9 Å². The number of methoxy groups -OCH3 is 1. The molecular weight excluding hydrogens is 372 g/mol. The number of aromatic hydroxyl groups is 1. The lowest BCUT2D eigenvalue weighted by molar-refractivity contribution is 0.0885. The number of amides is 1. The van der Waals surface area contributed by atoms with Crippen LogP contribution in [0.5, 0.6) is 5.75 Å². The molecule has 1 N–H and O–H groups in total. The van der Waals surface area contributed by atoms with Crippen LogP contribution < -0.4 is 5.56 Å². The minimum Gasteiger partial charge on any atom is -0.503 e. The highest BCUT2D eigenvalue weighted by molar-refractivity contribution is 5.67. The van der Waals surface area contributed by atoms with Gasteiger partial charge in [0.15, 0.2) is 5.75 Å². The van der Waals surface area contributed by atoms with Crippen molar-refractivity contribution in [1.82, 2.24) is 14.4 Å². The van der Waals surface area contributed by atoms with E-state index < -0.39 is 22.9 Å². The smallest absolute Gasteiger partial charge is 0.409 e. The molecule has 0 radical (unpaired) electrons. The lowest BCUT2D eigenvalue weighted by Gasteiger charge is -2.33. The van der Waals surface area contributed by atoms with Crippen molar-refractivity contribution in [2.24, 2.45) is 0 Å². The highest BCUT2D eigenvalue weighted by atomic mass is 19.1. The van der Waals surface area contributed by atoms with Crippen LogP contribution in [-0.2, 0) is 17.8 Å². The molecule has 2 heterocycles. The van der Waals surface area contributed by atoms with Gasteiger partial charge in [-0.25, -0.2) is 13.6 Å². The van der Waals surface area contributed by atoms with Gasteiger partial charge in [0.25, 0.3) is 5.56 Å². The molecule has 1 aliphatic rings. The van der Waals surface area contributed by atoms with Crippen molar-refractivity contribution in [3.05, 3.63) is 63.6 Å². The van der Waals surface area contributed by atoms with Crippen molar-refractivity contribution in [3.8, 4) is 5.75 Å². The fourth-order valence-corrected chi connectivity index (χ4v) is 3.21. The first-order chi connectivity index (χ1) is 13.4. The number of pyridine rings is 1. The van der Waals surface area contributed by atoms with E-state index in [4.69, 9.17) is 4.74 Å². The van der Waals surface area contributed by atoms with E-state index in [2.05, 4.69) is 0 Å². The average molecular weight is 393 g/mol. The molecule has 0 spiro atoms. The van der Waals surface area contributed by atoms with Gasteiger partial charge in [0, 0.05) is 50.6 Å². The SMILES string of the molecule is COC(=O)N1CCN(Cc2ccn(Cc3cc(F)cc(F)c3)c(=O)c2O)CC1. The van der Waals surface area contributed by atoms with Crippen molar-refractivity contribution in [3.63, 3.8) is 0 Å². The van der Waals surface area contributed by atoms with Crippen molar-refractivity contribution in [2.75, 3.05) is 33.3 Å². The maximum atomic E-state index is 13.3. The molecule has 0 bridgehead atoms. The van der Waals surface area contributed by atoms with Crippen molar-refractivity contribution < 1.29 is 23.4 Å².